The molecule has 0 unspecified atom stereocenters. The van der Waals surface area contributed by atoms with Crippen molar-refractivity contribution in [2.24, 2.45) is 23.7 Å². The summed E-state index contributed by atoms with van der Waals surface area (Å²) in [5, 5.41) is 0. The molecule has 1 saturated heterocycles. The summed E-state index contributed by atoms with van der Waals surface area (Å²) in [4.78, 5) is 0. The van der Waals surface area contributed by atoms with Gasteiger partial charge in [-0.3, -0.25) is 0 Å². The molecule has 1 aromatic carbocycles. The number of hydrogen-bond donors (Lipinski definition) is 0. The van der Waals surface area contributed by atoms with Gasteiger partial charge in [-0.15, -0.1) is 0 Å². The second kappa shape index (κ2) is 4.55. The van der Waals surface area contributed by atoms with Crippen LogP contribution in [0.4, 0.5) is 0 Å². The van der Waals surface area contributed by atoms with E-state index in [-0.39, 0.29) is 6.10 Å². The molecule has 0 spiro atoms. The van der Waals surface area contributed by atoms with Gasteiger partial charge in [0.05, 0.1) is 12.7 Å². The second-order valence-electron chi connectivity index (χ2n) is 5.98. The Bertz CT molecular complexity index is 448. The molecule has 0 radical (unpaired) electrons. The zero-order valence-corrected chi connectivity index (χ0v) is 11.5. The van der Waals surface area contributed by atoms with Gasteiger partial charge in [0.25, 0.3) is 0 Å². The maximum Gasteiger partial charge on any atom is 0.0892 e. The van der Waals surface area contributed by atoms with Gasteiger partial charge in [-0.1, -0.05) is 55.8 Å². The Morgan fingerprint density at radius 2 is 1.83 bits per heavy atom. The van der Waals surface area contributed by atoms with Crippen molar-refractivity contribution in [3.8, 4) is 0 Å². The topological polar surface area (TPSA) is 9.23 Å². The highest BCUT2D eigenvalue weighted by Gasteiger charge is 2.43. The molecule has 1 heteroatoms. The molecule has 2 bridgehead atoms. The highest BCUT2D eigenvalue weighted by Crippen LogP contribution is 2.49. The van der Waals surface area contributed by atoms with Crippen molar-refractivity contribution in [1.29, 1.82) is 0 Å². The average Bonchev–Trinajstić information content (AvgIpc) is 2.37. The van der Waals surface area contributed by atoms with Gasteiger partial charge in [-0.25, -0.2) is 0 Å². The van der Waals surface area contributed by atoms with Gasteiger partial charge in [0.1, 0.15) is 0 Å². The molecule has 1 heterocycles. The molecule has 5 atom stereocenters. The van der Waals surface area contributed by atoms with Crippen LogP contribution in [-0.2, 0) is 4.74 Å². The summed E-state index contributed by atoms with van der Waals surface area (Å²) in [5.41, 5.74) is 2.84. The van der Waals surface area contributed by atoms with E-state index in [2.05, 4.69) is 57.2 Å². The lowest BCUT2D eigenvalue weighted by atomic mass is 9.65. The number of allylic oxidation sites excluding steroid dienone is 1. The highest BCUT2D eigenvalue weighted by atomic mass is 16.5. The van der Waals surface area contributed by atoms with Crippen LogP contribution in [0.25, 0.3) is 0 Å². The van der Waals surface area contributed by atoms with E-state index >= 15 is 0 Å². The molecule has 1 aliphatic heterocycles. The summed E-state index contributed by atoms with van der Waals surface area (Å²) in [6, 6.07) is 10.7. The summed E-state index contributed by atoms with van der Waals surface area (Å²) in [6.45, 7) is 7.91. The standard InChI is InChI=1S/C17H22O/c1-11-9-12(2)16-13(3)15(11)10-18-17(16)14-7-5-4-6-8-14/h4-9,11,13,15-17H,10H2,1-3H3/t11-,13-,15-,16-,17-/m1/s1. The molecular formula is C17H22O. The molecule has 0 N–H and O–H groups in total. The minimum Gasteiger partial charge on any atom is -0.373 e. The monoisotopic (exact) mass is 242 g/mol. The Labute approximate surface area is 110 Å². The van der Waals surface area contributed by atoms with Crippen molar-refractivity contribution in [1.82, 2.24) is 0 Å². The fourth-order valence-electron chi connectivity index (χ4n) is 3.89. The number of ether oxygens (including phenoxy) is 1. The third kappa shape index (κ3) is 1.81. The van der Waals surface area contributed by atoms with E-state index in [1.165, 1.54) is 11.1 Å². The molecule has 1 nitrogen and oxygen atoms in total. The third-order valence-corrected chi connectivity index (χ3v) is 4.89. The Hall–Kier alpha value is -1.08. The van der Waals surface area contributed by atoms with Crippen molar-refractivity contribution >= 4 is 0 Å². The van der Waals surface area contributed by atoms with Crippen molar-refractivity contribution in [2.45, 2.75) is 26.9 Å². The summed E-state index contributed by atoms with van der Waals surface area (Å²) in [6.07, 6.45) is 2.72. The normalized spacial score (nSPS) is 39.3. The van der Waals surface area contributed by atoms with E-state index in [0.717, 1.165) is 12.5 Å². The van der Waals surface area contributed by atoms with Gasteiger partial charge < -0.3 is 4.74 Å². The SMILES string of the molecule is CC1=C[C@@H](C)[C@H]2CO[C@H](c3ccccc3)[C@H]1[C@@H]2C. The summed E-state index contributed by atoms with van der Waals surface area (Å²) >= 11 is 0. The molecule has 1 fully saturated rings. The van der Waals surface area contributed by atoms with Crippen LogP contribution in [0.15, 0.2) is 42.0 Å². The third-order valence-electron chi connectivity index (χ3n) is 4.89. The average molecular weight is 242 g/mol. The van der Waals surface area contributed by atoms with Crippen molar-refractivity contribution in [3.05, 3.63) is 47.5 Å². The highest BCUT2D eigenvalue weighted by molar-refractivity contribution is 5.25. The van der Waals surface area contributed by atoms with Gasteiger partial charge >= 0.3 is 0 Å². The Balaban J connectivity index is 1.97. The van der Waals surface area contributed by atoms with E-state index in [1.807, 2.05) is 0 Å². The van der Waals surface area contributed by atoms with E-state index < -0.39 is 0 Å². The molecule has 18 heavy (non-hydrogen) atoms. The molecule has 1 aromatic rings. The maximum atomic E-state index is 6.20. The zero-order chi connectivity index (χ0) is 12.7. The number of benzene rings is 1. The van der Waals surface area contributed by atoms with Crippen LogP contribution in [0.2, 0.25) is 0 Å². The molecule has 96 valence electrons. The smallest absolute Gasteiger partial charge is 0.0892 e. The summed E-state index contributed by atoms with van der Waals surface area (Å²) < 4.78 is 6.20. The van der Waals surface area contributed by atoms with Crippen molar-refractivity contribution < 1.29 is 4.74 Å². The maximum absolute atomic E-state index is 6.20. The minimum atomic E-state index is 0.251. The fraction of sp³-hybridized carbons (Fsp3) is 0.529. The number of hydrogen-bond acceptors (Lipinski definition) is 1. The van der Waals surface area contributed by atoms with Gasteiger partial charge in [0.2, 0.25) is 0 Å². The molecule has 1 aliphatic carbocycles. The van der Waals surface area contributed by atoms with Gasteiger partial charge in [0.15, 0.2) is 0 Å². The fourth-order valence-corrected chi connectivity index (χ4v) is 3.89. The lowest BCUT2D eigenvalue weighted by Crippen LogP contribution is -2.42. The predicted molar refractivity (Wildman–Crippen MR) is 74.2 cm³/mol. The Morgan fingerprint density at radius 1 is 1.11 bits per heavy atom. The van der Waals surface area contributed by atoms with E-state index in [9.17, 15) is 0 Å². The van der Waals surface area contributed by atoms with Crippen LogP contribution in [0.1, 0.15) is 32.4 Å². The van der Waals surface area contributed by atoms with Crippen LogP contribution in [0.3, 0.4) is 0 Å². The van der Waals surface area contributed by atoms with E-state index in [0.29, 0.717) is 17.8 Å². The summed E-state index contributed by atoms with van der Waals surface area (Å²) in [5.74, 6) is 2.64. The predicted octanol–water partition coefficient (Wildman–Crippen LogP) is 4.22. The largest absolute Gasteiger partial charge is 0.373 e. The van der Waals surface area contributed by atoms with Crippen LogP contribution < -0.4 is 0 Å². The first-order valence-corrected chi connectivity index (χ1v) is 7.03. The first-order valence-electron chi connectivity index (χ1n) is 7.03. The Morgan fingerprint density at radius 3 is 2.56 bits per heavy atom. The second-order valence-corrected chi connectivity index (χ2v) is 5.98. The summed E-state index contributed by atoms with van der Waals surface area (Å²) in [7, 11) is 0. The zero-order valence-electron chi connectivity index (χ0n) is 11.5. The van der Waals surface area contributed by atoms with E-state index in [4.69, 9.17) is 4.74 Å². The first kappa shape index (κ1) is 12.0. The Kier molecular flexibility index (Phi) is 3.03. The minimum absolute atomic E-state index is 0.251. The quantitative estimate of drug-likeness (QED) is 0.670. The molecule has 2 aliphatic rings. The van der Waals surface area contributed by atoms with E-state index in [1.54, 1.807) is 0 Å². The van der Waals surface area contributed by atoms with Crippen molar-refractivity contribution in [2.75, 3.05) is 6.61 Å². The number of rotatable bonds is 1. The van der Waals surface area contributed by atoms with Crippen LogP contribution in [-0.4, -0.2) is 6.61 Å². The van der Waals surface area contributed by atoms with Gasteiger partial charge in [0, 0.05) is 5.92 Å². The molecule has 3 rings (SSSR count). The lowest BCUT2D eigenvalue weighted by molar-refractivity contribution is -0.0934. The van der Waals surface area contributed by atoms with Crippen LogP contribution in [0, 0.1) is 23.7 Å². The van der Waals surface area contributed by atoms with Gasteiger partial charge in [-0.2, -0.15) is 0 Å². The molecule has 0 saturated carbocycles. The lowest BCUT2D eigenvalue weighted by Gasteiger charge is -2.47. The number of fused-ring (bicyclic) bond motifs is 2. The van der Waals surface area contributed by atoms with Crippen LogP contribution in [0.5, 0.6) is 0 Å². The molecule has 0 aromatic heterocycles. The molecule has 0 amide bonds. The van der Waals surface area contributed by atoms with Gasteiger partial charge in [-0.05, 0) is 30.2 Å². The first-order chi connectivity index (χ1) is 8.68. The van der Waals surface area contributed by atoms with Crippen molar-refractivity contribution in [3.63, 3.8) is 0 Å². The molecular weight excluding hydrogens is 220 g/mol. The van der Waals surface area contributed by atoms with Crippen LogP contribution >= 0.6 is 0 Å².